The summed E-state index contributed by atoms with van der Waals surface area (Å²) in [6, 6.07) is 9.79. The van der Waals surface area contributed by atoms with Crippen molar-refractivity contribution in [3.05, 3.63) is 65.9 Å². The van der Waals surface area contributed by atoms with Crippen LogP contribution in [-0.4, -0.2) is 16.4 Å². The monoisotopic (exact) mass is 314 g/mol. The average molecular weight is 314 g/mol. The van der Waals surface area contributed by atoms with Crippen molar-refractivity contribution in [1.29, 1.82) is 0 Å². The number of hydrogen-bond donors (Lipinski definition) is 1. The number of halogens is 2. The van der Waals surface area contributed by atoms with Crippen molar-refractivity contribution >= 4 is 28.4 Å². The van der Waals surface area contributed by atoms with Crippen LogP contribution >= 0.6 is 0 Å². The van der Waals surface area contributed by atoms with E-state index in [0.29, 0.717) is 17.0 Å². The van der Waals surface area contributed by atoms with Crippen molar-refractivity contribution < 1.29 is 18.4 Å². The van der Waals surface area contributed by atoms with Crippen LogP contribution in [0.25, 0.3) is 10.9 Å². The first-order valence-electron chi connectivity index (χ1n) is 6.85. The number of para-hydroxylation sites is 1. The molecule has 0 aliphatic heterocycles. The van der Waals surface area contributed by atoms with Gasteiger partial charge in [-0.2, -0.15) is 0 Å². The van der Waals surface area contributed by atoms with E-state index in [1.54, 1.807) is 24.3 Å². The number of nitrogens with one attached hydrogen (secondary N) is 1. The molecule has 23 heavy (non-hydrogen) atoms. The van der Waals surface area contributed by atoms with Crippen LogP contribution in [0, 0.1) is 11.6 Å². The van der Waals surface area contributed by atoms with Gasteiger partial charge in [-0.25, -0.2) is 8.78 Å². The summed E-state index contributed by atoms with van der Waals surface area (Å²) in [5.74, 6) is -2.41. The van der Waals surface area contributed by atoms with Gasteiger partial charge < -0.3 is 5.32 Å². The van der Waals surface area contributed by atoms with Gasteiger partial charge in [0.25, 0.3) is 5.91 Å². The molecular formula is C17H12F2N2O2. The summed E-state index contributed by atoms with van der Waals surface area (Å²) in [5, 5.41) is 2.96. The predicted octanol–water partition coefficient (Wildman–Crippen LogP) is 3.83. The summed E-state index contributed by atoms with van der Waals surface area (Å²) in [4.78, 5) is 24.1. The molecule has 0 unspecified atom stereocenters. The first-order valence-corrected chi connectivity index (χ1v) is 6.85. The highest BCUT2D eigenvalue weighted by Crippen LogP contribution is 2.23. The van der Waals surface area contributed by atoms with E-state index in [2.05, 4.69) is 5.32 Å². The molecule has 0 bridgehead atoms. The standard InChI is InChI=1S/C17H12F2N2O2/c1-10(22)21-9-13(12-4-2-3-5-16(12)21)17(23)20-15-7-6-11(18)8-14(15)19/h2-9H,1H3,(H,20,23). The maximum absolute atomic E-state index is 13.7. The van der Waals surface area contributed by atoms with Crippen LogP contribution in [0.4, 0.5) is 14.5 Å². The molecule has 1 amide bonds. The van der Waals surface area contributed by atoms with Crippen LogP contribution in [0.2, 0.25) is 0 Å². The Kier molecular flexibility index (Phi) is 3.65. The Bertz CT molecular complexity index is 931. The van der Waals surface area contributed by atoms with E-state index < -0.39 is 17.5 Å². The Labute approximate surface area is 130 Å². The fraction of sp³-hybridized carbons (Fsp3) is 0.0588. The molecule has 3 rings (SSSR count). The molecule has 0 saturated heterocycles. The highest BCUT2D eigenvalue weighted by atomic mass is 19.1. The van der Waals surface area contributed by atoms with Crippen LogP contribution < -0.4 is 5.32 Å². The fourth-order valence-corrected chi connectivity index (χ4v) is 2.40. The molecule has 0 saturated carbocycles. The molecule has 4 nitrogen and oxygen atoms in total. The highest BCUT2D eigenvalue weighted by Gasteiger charge is 2.17. The van der Waals surface area contributed by atoms with Crippen molar-refractivity contribution in [1.82, 2.24) is 4.57 Å². The summed E-state index contributed by atoms with van der Waals surface area (Å²) >= 11 is 0. The zero-order valence-corrected chi connectivity index (χ0v) is 12.1. The van der Waals surface area contributed by atoms with Crippen molar-refractivity contribution in [3.8, 4) is 0 Å². The average Bonchev–Trinajstić information content (AvgIpc) is 2.90. The van der Waals surface area contributed by atoms with E-state index >= 15 is 0 Å². The van der Waals surface area contributed by atoms with Gasteiger partial charge >= 0.3 is 0 Å². The number of benzene rings is 2. The molecule has 0 aliphatic carbocycles. The lowest BCUT2D eigenvalue weighted by Gasteiger charge is -2.05. The van der Waals surface area contributed by atoms with E-state index in [1.165, 1.54) is 17.7 Å². The fourth-order valence-electron chi connectivity index (χ4n) is 2.40. The van der Waals surface area contributed by atoms with E-state index in [1.807, 2.05) is 0 Å². The zero-order valence-electron chi connectivity index (χ0n) is 12.1. The third-order valence-corrected chi connectivity index (χ3v) is 3.48. The molecule has 0 radical (unpaired) electrons. The third kappa shape index (κ3) is 2.70. The van der Waals surface area contributed by atoms with E-state index in [9.17, 15) is 18.4 Å². The number of aromatic nitrogens is 1. The highest BCUT2D eigenvalue weighted by molar-refractivity contribution is 6.14. The van der Waals surface area contributed by atoms with Gasteiger partial charge in [-0.3, -0.25) is 14.2 Å². The minimum Gasteiger partial charge on any atom is -0.319 e. The third-order valence-electron chi connectivity index (χ3n) is 3.48. The van der Waals surface area contributed by atoms with Crippen molar-refractivity contribution in [2.45, 2.75) is 6.92 Å². The minimum absolute atomic E-state index is 0.129. The molecule has 1 heterocycles. The molecule has 3 aromatic rings. The van der Waals surface area contributed by atoms with Gasteiger partial charge in [0.1, 0.15) is 11.6 Å². The number of rotatable bonds is 2. The Morgan fingerprint density at radius 2 is 1.83 bits per heavy atom. The van der Waals surface area contributed by atoms with E-state index in [0.717, 1.165) is 12.1 Å². The van der Waals surface area contributed by atoms with Crippen LogP contribution in [0.3, 0.4) is 0 Å². The summed E-state index contributed by atoms with van der Waals surface area (Å²) in [7, 11) is 0. The lowest BCUT2D eigenvalue weighted by molar-refractivity contribution is 0.0941. The molecule has 6 heteroatoms. The van der Waals surface area contributed by atoms with Gasteiger partial charge in [-0.05, 0) is 18.2 Å². The molecule has 116 valence electrons. The van der Waals surface area contributed by atoms with Crippen LogP contribution in [0.15, 0.2) is 48.7 Å². The smallest absolute Gasteiger partial charge is 0.257 e. The summed E-state index contributed by atoms with van der Waals surface area (Å²) in [6.07, 6.45) is 1.41. The zero-order chi connectivity index (χ0) is 16.6. The second-order valence-electron chi connectivity index (χ2n) is 5.03. The first-order chi connectivity index (χ1) is 11.0. The van der Waals surface area contributed by atoms with Gasteiger partial charge in [-0.15, -0.1) is 0 Å². The predicted molar refractivity (Wildman–Crippen MR) is 82.5 cm³/mol. The Morgan fingerprint density at radius 1 is 1.09 bits per heavy atom. The molecule has 2 aromatic carbocycles. The van der Waals surface area contributed by atoms with Crippen molar-refractivity contribution in [2.75, 3.05) is 5.32 Å². The van der Waals surface area contributed by atoms with Crippen LogP contribution in [-0.2, 0) is 0 Å². The molecule has 0 atom stereocenters. The maximum atomic E-state index is 13.7. The quantitative estimate of drug-likeness (QED) is 0.781. The van der Waals surface area contributed by atoms with E-state index in [4.69, 9.17) is 0 Å². The van der Waals surface area contributed by atoms with Gasteiger partial charge in [0.15, 0.2) is 0 Å². The maximum Gasteiger partial charge on any atom is 0.257 e. The summed E-state index contributed by atoms with van der Waals surface area (Å²) in [6.45, 7) is 1.38. The lowest BCUT2D eigenvalue weighted by atomic mass is 10.1. The largest absolute Gasteiger partial charge is 0.319 e. The minimum atomic E-state index is -0.867. The molecular weight excluding hydrogens is 302 g/mol. The number of hydrogen-bond acceptors (Lipinski definition) is 2. The second kappa shape index (κ2) is 5.64. The lowest BCUT2D eigenvalue weighted by Crippen LogP contribution is -2.13. The van der Waals surface area contributed by atoms with Crippen LogP contribution in [0.5, 0.6) is 0 Å². The molecule has 0 aliphatic rings. The first kappa shape index (κ1) is 14.9. The number of nitrogens with zero attached hydrogens (tertiary/aromatic N) is 1. The summed E-state index contributed by atoms with van der Waals surface area (Å²) in [5.41, 5.74) is 0.695. The van der Waals surface area contributed by atoms with Crippen LogP contribution in [0.1, 0.15) is 22.1 Å². The SMILES string of the molecule is CC(=O)n1cc(C(=O)Nc2ccc(F)cc2F)c2ccccc21. The molecule has 0 spiro atoms. The second-order valence-corrected chi connectivity index (χ2v) is 5.03. The number of carbonyl (C=O) groups excluding carboxylic acids is 2. The van der Waals surface area contributed by atoms with Gasteiger partial charge in [0.2, 0.25) is 5.91 Å². The Hall–Kier alpha value is -3.02. The summed E-state index contributed by atoms with van der Waals surface area (Å²) < 4.78 is 27.9. The van der Waals surface area contributed by atoms with Gasteiger partial charge in [-0.1, -0.05) is 18.2 Å². The van der Waals surface area contributed by atoms with E-state index in [-0.39, 0.29) is 17.2 Å². The van der Waals surface area contributed by atoms with Crippen molar-refractivity contribution in [2.24, 2.45) is 0 Å². The van der Waals surface area contributed by atoms with Crippen molar-refractivity contribution in [3.63, 3.8) is 0 Å². The number of amides is 1. The molecule has 0 fully saturated rings. The number of carbonyl (C=O) groups is 2. The normalized spacial score (nSPS) is 10.7. The Morgan fingerprint density at radius 3 is 2.52 bits per heavy atom. The molecule has 1 aromatic heterocycles. The number of fused-ring (bicyclic) bond motifs is 1. The number of anilines is 1. The van der Waals surface area contributed by atoms with Gasteiger partial charge in [0, 0.05) is 24.6 Å². The topological polar surface area (TPSA) is 51.1 Å². The molecule has 1 N–H and O–H groups in total. The Balaban J connectivity index is 2.03. The van der Waals surface area contributed by atoms with Gasteiger partial charge in [0.05, 0.1) is 16.8 Å².